The number of phenolic OH excluding ortho intramolecular Hbond substituents is 1. The number of hydrogen-bond acceptors (Lipinski definition) is 9. The highest BCUT2D eigenvalue weighted by atomic mass is 79.9. The molecule has 256 valence electrons. The molecule has 0 bridgehead atoms. The van der Waals surface area contributed by atoms with E-state index in [0.29, 0.717) is 34.6 Å². The van der Waals surface area contributed by atoms with Gasteiger partial charge in [0.05, 0.1) is 35.9 Å². The third-order valence-corrected chi connectivity index (χ3v) is 9.82. The zero-order chi connectivity index (χ0) is 35.4. The lowest BCUT2D eigenvalue weighted by Crippen LogP contribution is -2.40. The summed E-state index contributed by atoms with van der Waals surface area (Å²) in [6.45, 7) is -0.474. The molecule has 1 saturated heterocycles. The number of anilines is 1. The predicted molar refractivity (Wildman–Crippen MR) is 193 cm³/mol. The molecule has 6 rings (SSSR count). The molecule has 1 aliphatic heterocycles. The number of nitrogens with zero attached hydrogens (tertiary/aromatic N) is 2. The van der Waals surface area contributed by atoms with Gasteiger partial charge in [-0.3, -0.25) is 19.5 Å². The molecule has 1 aliphatic carbocycles. The highest BCUT2D eigenvalue weighted by Gasteiger charge is 2.55. The van der Waals surface area contributed by atoms with Gasteiger partial charge < -0.3 is 30.1 Å². The van der Waals surface area contributed by atoms with Crippen LogP contribution in [0.3, 0.4) is 0 Å². The maximum Gasteiger partial charge on any atom is 0.488 e. The van der Waals surface area contributed by atoms with Crippen molar-refractivity contribution in [3.8, 4) is 11.5 Å². The number of pyridine rings is 1. The van der Waals surface area contributed by atoms with Crippen molar-refractivity contribution in [2.75, 3.05) is 18.1 Å². The zero-order valence-corrected chi connectivity index (χ0v) is 28.6. The molecule has 5 N–H and O–H groups in total. The minimum absolute atomic E-state index is 0.0264. The van der Waals surface area contributed by atoms with E-state index in [1.807, 2.05) is 36.4 Å². The summed E-state index contributed by atoms with van der Waals surface area (Å²) in [5.74, 6) is -3.00. The van der Waals surface area contributed by atoms with Crippen molar-refractivity contribution in [3.63, 3.8) is 0 Å². The number of benzene rings is 3. The lowest BCUT2D eigenvalue weighted by Gasteiger charge is -2.36. The van der Waals surface area contributed by atoms with E-state index in [1.54, 1.807) is 48.7 Å². The molecule has 1 fully saturated rings. The number of aliphatic hydroxyl groups excluding tert-OH is 2. The number of fused-ring (bicyclic) bond motifs is 1. The van der Waals surface area contributed by atoms with Crippen LogP contribution < -0.4 is 15.1 Å². The van der Waals surface area contributed by atoms with Crippen LogP contribution in [0.15, 0.2) is 113 Å². The van der Waals surface area contributed by atoms with Gasteiger partial charge in [0.15, 0.2) is 0 Å². The largest absolute Gasteiger partial charge is 0.507 e. The highest BCUT2D eigenvalue weighted by molar-refractivity contribution is 9.10. The first kappa shape index (κ1) is 35.2. The number of allylic oxidation sites excluding steroid dienone is 1. The van der Waals surface area contributed by atoms with Crippen LogP contribution in [-0.2, 0) is 9.59 Å². The molecule has 2 amide bonds. The van der Waals surface area contributed by atoms with E-state index in [9.17, 15) is 35.0 Å². The first-order valence-corrected chi connectivity index (χ1v) is 17.1. The van der Waals surface area contributed by atoms with Crippen LogP contribution in [0.1, 0.15) is 30.5 Å². The van der Waals surface area contributed by atoms with Crippen LogP contribution >= 0.6 is 15.9 Å². The molecule has 1 aromatic heterocycles. The van der Waals surface area contributed by atoms with E-state index in [0.717, 1.165) is 14.9 Å². The quantitative estimate of drug-likeness (QED) is 0.0819. The molecule has 3 aromatic carbocycles. The Hall–Kier alpha value is -4.59. The van der Waals surface area contributed by atoms with Crippen LogP contribution in [0.25, 0.3) is 11.6 Å². The highest BCUT2D eigenvalue weighted by Crippen LogP contribution is 2.47. The van der Waals surface area contributed by atoms with Gasteiger partial charge in [0.25, 0.3) is 0 Å². The fraction of sp³-hybridized carbons (Fsp3) is 0.237. The summed E-state index contributed by atoms with van der Waals surface area (Å²) in [5, 5.41) is 52.8. The molecule has 12 heteroatoms. The monoisotopic (exact) mass is 738 g/mol. The number of carbonyl (C=O) groups is 2. The van der Waals surface area contributed by atoms with Crippen molar-refractivity contribution >= 4 is 57.7 Å². The van der Waals surface area contributed by atoms with Gasteiger partial charge in [0, 0.05) is 22.2 Å². The second kappa shape index (κ2) is 15.5. The van der Waals surface area contributed by atoms with Crippen molar-refractivity contribution in [2.24, 2.45) is 17.8 Å². The first-order valence-electron chi connectivity index (χ1n) is 16.3. The lowest BCUT2D eigenvalue weighted by atomic mass is 9.68. The second-order valence-corrected chi connectivity index (χ2v) is 13.3. The molecule has 0 saturated carbocycles. The molecule has 4 aromatic rings. The number of halogens is 1. The number of aliphatic hydroxyl groups is 2. The van der Waals surface area contributed by atoms with Gasteiger partial charge in [0.1, 0.15) is 18.1 Å². The number of imide groups is 1. The summed E-state index contributed by atoms with van der Waals surface area (Å²) in [6, 6.07) is 25.6. The van der Waals surface area contributed by atoms with E-state index in [1.165, 1.54) is 18.2 Å². The molecule has 2 aliphatic rings. The number of para-hydroxylation sites is 1. The molecular formula is C38H36BBrN2O8. The predicted octanol–water partition coefficient (Wildman–Crippen LogP) is 4.10. The van der Waals surface area contributed by atoms with Crippen molar-refractivity contribution in [1.82, 2.24) is 4.98 Å². The van der Waals surface area contributed by atoms with Gasteiger partial charge >= 0.3 is 7.12 Å². The van der Waals surface area contributed by atoms with Gasteiger partial charge in [-0.15, -0.1) is 0 Å². The normalized spacial score (nSPS) is 19.8. The third-order valence-electron chi connectivity index (χ3n) is 9.32. The fourth-order valence-electron chi connectivity index (χ4n) is 6.96. The number of amides is 2. The van der Waals surface area contributed by atoms with Crippen LogP contribution in [0.5, 0.6) is 11.5 Å². The van der Waals surface area contributed by atoms with Gasteiger partial charge in [-0.05, 0) is 102 Å². The van der Waals surface area contributed by atoms with Crippen LogP contribution in [0.4, 0.5) is 5.69 Å². The summed E-state index contributed by atoms with van der Waals surface area (Å²) in [5.41, 5.74) is 3.37. The van der Waals surface area contributed by atoms with Crippen LogP contribution in [-0.4, -0.2) is 68.6 Å². The number of ether oxygens (including phenoxy) is 1. The summed E-state index contributed by atoms with van der Waals surface area (Å²) in [6.07, 6.45) is 2.97. The van der Waals surface area contributed by atoms with E-state index >= 15 is 0 Å². The fourth-order valence-corrected chi connectivity index (χ4v) is 7.34. The molecule has 50 heavy (non-hydrogen) atoms. The van der Waals surface area contributed by atoms with E-state index in [-0.39, 0.29) is 36.3 Å². The zero-order valence-electron chi connectivity index (χ0n) is 27.0. The van der Waals surface area contributed by atoms with Crippen molar-refractivity contribution in [1.29, 1.82) is 0 Å². The summed E-state index contributed by atoms with van der Waals surface area (Å²) >= 11 is 3.45. The Morgan fingerprint density at radius 2 is 1.78 bits per heavy atom. The number of aromatic hydroxyl groups is 1. The minimum Gasteiger partial charge on any atom is -0.507 e. The summed E-state index contributed by atoms with van der Waals surface area (Å²) in [7, 11) is -1.79. The lowest BCUT2D eigenvalue weighted by molar-refractivity contribution is -0.123. The Bertz CT molecular complexity index is 1920. The third kappa shape index (κ3) is 7.45. The van der Waals surface area contributed by atoms with Crippen molar-refractivity contribution in [2.45, 2.75) is 25.4 Å². The molecule has 0 unspecified atom stereocenters. The van der Waals surface area contributed by atoms with Gasteiger partial charge in [-0.25, -0.2) is 0 Å². The Kier molecular flexibility index (Phi) is 10.9. The van der Waals surface area contributed by atoms with E-state index < -0.39 is 49.4 Å². The van der Waals surface area contributed by atoms with Crippen molar-refractivity contribution in [3.05, 3.63) is 124 Å². The maximum absolute atomic E-state index is 14.1. The molecular weight excluding hydrogens is 703 g/mol. The molecule has 0 radical (unpaired) electrons. The number of rotatable bonds is 12. The summed E-state index contributed by atoms with van der Waals surface area (Å²) in [4.78, 5) is 33.5. The maximum atomic E-state index is 14.1. The number of phenols is 1. The summed E-state index contributed by atoms with van der Waals surface area (Å²) < 4.78 is 6.89. The van der Waals surface area contributed by atoms with Gasteiger partial charge in [-0.2, -0.15) is 0 Å². The SMILES string of the molecule is O=C1[C@@H]2[C@@H](CC(COc3ccccc3)=C([C@H](O)CC/C(=C/c3cc(Br)ccc3O)c3ccccn3)[C@@H]2CO)C(=O)N1c1cccc(B(O)O)c1. The standard InChI is InChI=1S/C38H36BBrN2O8/c40-27-13-15-33(44)24(18-27)17-23(32-11-4-5-16-41-32)12-14-34(45)35-25(22-50-29-9-2-1-3-10-29)19-30-36(31(35)21-43)38(47)42(37(30)46)28-8-6-7-26(20-28)39(48)49/h1-11,13,15-18,20,30-31,34,36,43-45,48-49H,12,14,19,21-22H2/b23-17-/t30-,31+,34-,36-/m1/s1. The average Bonchev–Trinajstić information content (AvgIpc) is 3.38. The molecule has 4 atom stereocenters. The van der Waals surface area contributed by atoms with Crippen LogP contribution in [0, 0.1) is 17.8 Å². The Balaban J connectivity index is 1.35. The number of carbonyl (C=O) groups excluding carboxylic acids is 2. The number of hydrogen-bond donors (Lipinski definition) is 5. The van der Waals surface area contributed by atoms with Gasteiger partial charge in [0.2, 0.25) is 11.8 Å². The average molecular weight is 739 g/mol. The smallest absolute Gasteiger partial charge is 0.488 e. The Morgan fingerprint density at radius 1 is 1.00 bits per heavy atom. The van der Waals surface area contributed by atoms with E-state index in [4.69, 9.17) is 4.74 Å². The topological polar surface area (TPSA) is 161 Å². The molecule has 10 nitrogen and oxygen atoms in total. The number of aromatic nitrogens is 1. The molecule has 0 spiro atoms. The molecule has 2 heterocycles. The minimum atomic E-state index is -1.79. The second-order valence-electron chi connectivity index (χ2n) is 12.4. The Morgan fingerprint density at radius 3 is 2.50 bits per heavy atom. The van der Waals surface area contributed by atoms with Gasteiger partial charge in [-0.1, -0.05) is 52.3 Å². The van der Waals surface area contributed by atoms with Crippen molar-refractivity contribution < 1.29 is 39.7 Å². The van der Waals surface area contributed by atoms with Crippen LogP contribution in [0.2, 0.25) is 0 Å². The van der Waals surface area contributed by atoms with E-state index in [2.05, 4.69) is 20.9 Å². The Labute approximate surface area is 298 Å². The first-order chi connectivity index (χ1) is 24.2.